The average Bonchev–Trinajstić information content (AvgIpc) is 2.39. The van der Waals surface area contributed by atoms with Gasteiger partial charge in [0.25, 0.3) is 0 Å². The highest BCUT2D eigenvalue weighted by Crippen LogP contribution is 2.13. The molecule has 102 valence electrons. The summed E-state index contributed by atoms with van der Waals surface area (Å²) in [5.41, 5.74) is 2.37. The van der Waals surface area contributed by atoms with Gasteiger partial charge in [-0.1, -0.05) is 56.7 Å². The monoisotopic (exact) mass is 249 g/mol. The molecule has 1 unspecified atom stereocenters. The van der Waals surface area contributed by atoms with Crippen LogP contribution in [0.5, 0.6) is 0 Å². The predicted molar refractivity (Wildman–Crippen MR) is 79.1 cm³/mol. The van der Waals surface area contributed by atoms with Crippen molar-refractivity contribution in [3.8, 4) is 0 Å². The molecule has 1 atom stereocenters. The summed E-state index contributed by atoms with van der Waals surface area (Å²) in [6.45, 7) is 4.53. The number of aliphatic hydroxyl groups is 1. The number of nitrogens with one attached hydrogen (secondary N) is 1. The van der Waals surface area contributed by atoms with E-state index in [1.54, 1.807) is 0 Å². The SMILES string of the molecule is CCCCCCCC(CO)Nc1ccc(C)cc1. The molecule has 2 nitrogen and oxygen atoms in total. The lowest BCUT2D eigenvalue weighted by molar-refractivity contribution is 0.266. The fraction of sp³-hybridized carbons (Fsp3) is 0.625. The number of unbranched alkanes of at least 4 members (excludes halogenated alkanes) is 4. The highest BCUT2D eigenvalue weighted by molar-refractivity contribution is 5.45. The van der Waals surface area contributed by atoms with Crippen molar-refractivity contribution < 1.29 is 5.11 Å². The lowest BCUT2D eigenvalue weighted by Gasteiger charge is -2.17. The maximum Gasteiger partial charge on any atom is 0.0632 e. The minimum Gasteiger partial charge on any atom is -0.394 e. The molecule has 0 saturated heterocycles. The molecular weight excluding hydrogens is 222 g/mol. The van der Waals surface area contributed by atoms with Crippen LogP contribution in [0, 0.1) is 6.92 Å². The van der Waals surface area contributed by atoms with E-state index in [-0.39, 0.29) is 12.6 Å². The first kappa shape index (κ1) is 15.0. The van der Waals surface area contributed by atoms with Crippen molar-refractivity contribution in [2.45, 2.75) is 58.4 Å². The van der Waals surface area contributed by atoms with Crippen molar-refractivity contribution in [3.05, 3.63) is 29.8 Å². The minimum absolute atomic E-state index is 0.189. The van der Waals surface area contributed by atoms with Gasteiger partial charge in [0.1, 0.15) is 0 Å². The van der Waals surface area contributed by atoms with Crippen LogP contribution in [0.4, 0.5) is 5.69 Å². The van der Waals surface area contributed by atoms with Crippen LogP contribution >= 0.6 is 0 Å². The molecule has 0 amide bonds. The van der Waals surface area contributed by atoms with Gasteiger partial charge in [0, 0.05) is 11.7 Å². The highest BCUT2D eigenvalue weighted by atomic mass is 16.3. The molecule has 0 aliphatic heterocycles. The van der Waals surface area contributed by atoms with Crippen LogP contribution in [-0.4, -0.2) is 17.8 Å². The maximum absolute atomic E-state index is 9.38. The Morgan fingerprint density at radius 3 is 2.33 bits per heavy atom. The molecule has 2 heteroatoms. The largest absolute Gasteiger partial charge is 0.394 e. The Balaban J connectivity index is 2.26. The van der Waals surface area contributed by atoms with Crippen LogP contribution in [0.1, 0.15) is 51.0 Å². The molecule has 0 fully saturated rings. The lowest BCUT2D eigenvalue weighted by atomic mass is 10.1. The molecule has 1 aromatic rings. The Morgan fingerprint density at radius 1 is 1.06 bits per heavy atom. The Labute approximate surface area is 111 Å². The molecule has 0 heterocycles. The molecule has 18 heavy (non-hydrogen) atoms. The van der Waals surface area contributed by atoms with Gasteiger partial charge in [-0.25, -0.2) is 0 Å². The average molecular weight is 249 g/mol. The second-order valence-corrected chi connectivity index (χ2v) is 5.09. The highest BCUT2D eigenvalue weighted by Gasteiger charge is 2.06. The van der Waals surface area contributed by atoms with E-state index in [0.717, 1.165) is 12.1 Å². The second kappa shape index (κ2) is 8.98. The first-order valence-electron chi connectivity index (χ1n) is 7.20. The molecular formula is C16H27NO. The summed E-state index contributed by atoms with van der Waals surface area (Å²) in [7, 11) is 0. The van der Waals surface area contributed by atoms with Crippen LogP contribution < -0.4 is 5.32 Å². The van der Waals surface area contributed by atoms with E-state index in [2.05, 4.69) is 43.4 Å². The van der Waals surface area contributed by atoms with Crippen molar-refractivity contribution in [2.75, 3.05) is 11.9 Å². The third-order valence-corrected chi connectivity index (χ3v) is 3.30. The van der Waals surface area contributed by atoms with Gasteiger partial charge in [0.05, 0.1) is 6.61 Å². The fourth-order valence-electron chi connectivity index (χ4n) is 2.09. The molecule has 2 N–H and O–H groups in total. The van der Waals surface area contributed by atoms with Gasteiger partial charge in [-0.2, -0.15) is 0 Å². The van der Waals surface area contributed by atoms with Crippen LogP contribution in [-0.2, 0) is 0 Å². The smallest absolute Gasteiger partial charge is 0.0632 e. The van der Waals surface area contributed by atoms with E-state index in [0.29, 0.717) is 0 Å². The number of anilines is 1. The number of aryl methyl sites for hydroxylation is 1. The summed E-state index contributed by atoms with van der Waals surface area (Å²) in [6, 6.07) is 8.54. The van der Waals surface area contributed by atoms with Gasteiger partial charge in [-0.05, 0) is 25.5 Å². The first-order valence-corrected chi connectivity index (χ1v) is 7.20. The zero-order valence-corrected chi connectivity index (χ0v) is 11.8. The minimum atomic E-state index is 0.189. The molecule has 1 rings (SSSR count). The standard InChI is InChI=1S/C16H27NO/c1-3-4-5-6-7-8-16(13-18)17-15-11-9-14(2)10-12-15/h9-12,16-18H,3-8,13H2,1-2H3. The zero-order chi connectivity index (χ0) is 13.2. The van der Waals surface area contributed by atoms with E-state index in [1.165, 1.54) is 37.7 Å². The summed E-state index contributed by atoms with van der Waals surface area (Å²) in [6.07, 6.45) is 7.46. The Bertz CT molecular complexity index is 307. The fourth-order valence-corrected chi connectivity index (χ4v) is 2.09. The first-order chi connectivity index (χ1) is 8.76. The van der Waals surface area contributed by atoms with Crippen LogP contribution in [0.25, 0.3) is 0 Å². The summed E-state index contributed by atoms with van der Waals surface area (Å²) < 4.78 is 0. The summed E-state index contributed by atoms with van der Waals surface area (Å²) >= 11 is 0. The third-order valence-electron chi connectivity index (χ3n) is 3.30. The van der Waals surface area contributed by atoms with Gasteiger partial charge < -0.3 is 10.4 Å². The van der Waals surface area contributed by atoms with Crippen molar-refractivity contribution in [3.63, 3.8) is 0 Å². The van der Waals surface area contributed by atoms with Crippen LogP contribution in [0.3, 0.4) is 0 Å². The lowest BCUT2D eigenvalue weighted by Crippen LogP contribution is -2.23. The molecule has 0 radical (unpaired) electrons. The predicted octanol–water partition coefficient (Wildman–Crippen LogP) is 4.13. The quantitative estimate of drug-likeness (QED) is 0.645. The molecule has 0 bridgehead atoms. The normalized spacial score (nSPS) is 12.4. The Kier molecular flexibility index (Phi) is 7.51. The summed E-state index contributed by atoms with van der Waals surface area (Å²) in [5, 5.41) is 12.8. The van der Waals surface area contributed by atoms with Gasteiger partial charge in [0.15, 0.2) is 0 Å². The van der Waals surface area contributed by atoms with Crippen LogP contribution in [0.15, 0.2) is 24.3 Å². The molecule has 0 saturated carbocycles. The van der Waals surface area contributed by atoms with E-state index in [9.17, 15) is 5.11 Å². The molecule has 0 spiro atoms. The molecule has 1 aromatic carbocycles. The number of hydrogen-bond donors (Lipinski definition) is 2. The van der Waals surface area contributed by atoms with E-state index in [1.807, 2.05) is 0 Å². The molecule has 0 aromatic heterocycles. The van der Waals surface area contributed by atoms with Gasteiger partial charge >= 0.3 is 0 Å². The van der Waals surface area contributed by atoms with Crippen LogP contribution in [0.2, 0.25) is 0 Å². The van der Waals surface area contributed by atoms with Crippen molar-refractivity contribution in [1.29, 1.82) is 0 Å². The Hall–Kier alpha value is -1.02. The zero-order valence-electron chi connectivity index (χ0n) is 11.8. The molecule has 0 aliphatic rings. The van der Waals surface area contributed by atoms with Gasteiger partial charge in [-0.15, -0.1) is 0 Å². The van der Waals surface area contributed by atoms with Gasteiger partial charge in [-0.3, -0.25) is 0 Å². The van der Waals surface area contributed by atoms with E-state index >= 15 is 0 Å². The number of rotatable bonds is 9. The maximum atomic E-state index is 9.38. The summed E-state index contributed by atoms with van der Waals surface area (Å²) in [5.74, 6) is 0. The van der Waals surface area contributed by atoms with Crippen molar-refractivity contribution >= 4 is 5.69 Å². The van der Waals surface area contributed by atoms with Gasteiger partial charge in [0.2, 0.25) is 0 Å². The topological polar surface area (TPSA) is 32.3 Å². The van der Waals surface area contributed by atoms with E-state index < -0.39 is 0 Å². The number of aliphatic hydroxyl groups excluding tert-OH is 1. The summed E-state index contributed by atoms with van der Waals surface area (Å²) in [4.78, 5) is 0. The molecule has 0 aliphatic carbocycles. The third kappa shape index (κ3) is 6.06. The second-order valence-electron chi connectivity index (χ2n) is 5.09. The van der Waals surface area contributed by atoms with Crippen molar-refractivity contribution in [1.82, 2.24) is 0 Å². The number of hydrogen-bond acceptors (Lipinski definition) is 2. The Morgan fingerprint density at radius 2 is 1.72 bits per heavy atom. The van der Waals surface area contributed by atoms with Crippen molar-refractivity contribution in [2.24, 2.45) is 0 Å². The van der Waals surface area contributed by atoms with E-state index in [4.69, 9.17) is 0 Å². The number of benzene rings is 1.